The molecule has 2 N–H and O–H groups in total. The molecule has 7 heteroatoms. The molecule has 22 heavy (non-hydrogen) atoms. The Kier molecular flexibility index (Phi) is 4.71. The first-order valence-corrected chi connectivity index (χ1v) is 8.29. The maximum atomic E-state index is 13.2. The van der Waals surface area contributed by atoms with Crippen LogP contribution in [-0.4, -0.2) is 39.0 Å². The first-order chi connectivity index (χ1) is 10.4. The van der Waals surface area contributed by atoms with E-state index in [0.717, 1.165) is 13.0 Å². The van der Waals surface area contributed by atoms with Gasteiger partial charge in [-0.15, -0.1) is 0 Å². The second-order valence-corrected chi connectivity index (χ2v) is 7.13. The van der Waals surface area contributed by atoms with Crippen molar-refractivity contribution >= 4 is 11.6 Å². The summed E-state index contributed by atoms with van der Waals surface area (Å²) in [6.45, 7) is 0.727. The number of alkyl halides is 2. The van der Waals surface area contributed by atoms with Crippen molar-refractivity contribution in [3.8, 4) is 0 Å². The molecule has 0 saturated heterocycles. The van der Waals surface area contributed by atoms with Gasteiger partial charge in [-0.3, -0.25) is 4.68 Å². The van der Waals surface area contributed by atoms with E-state index in [1.807, 2.05) is 0 Å². The summed E-state index contributed by atoms with van der Waals surface area (Å²) in [5, 5.41) is 18.4. The second kappa shape index (κ2) is 6.42. The lowest BCUT2D eigenvalue weighted by Crippen LogP contribution is -2.45. The van der Waals surface area contributed by atoms with Gasteiger partial charge >= 0.3 is 0 Å². The Morgan fingerprint density at radius 1 is 1.36 bits per heavy atom. The number of aromatic nitrogens is 2. The third-order valence-electron chi connectivity index (χ3n) is 4.84. The summed E-state index contributed by atoms with van der Waals surface area (Å²) in [5.74, 6) is -2.18. The van der Waals surface area contributed by atoms with Crippen LogP contribution >= 0.6 is 11.6 Å². The van der Waals surface area contributed by atoms with Crippen LogP contribution in [-0.2, 0) is 6.54 Å². The van der Waals surface area contributed by atoms with Gasteiger partial charge in [-0.05, 0) is 31.6 Å². The minimum absolute atomic E-state index is 0.00671. The highest BCUT2D eigenvalue weighted by Crippen LogP contribution is 2.35. The fourth-order valence-electron chi connectivity index (χ4n) is 3.66. The Hall–Kier alpha value is -0.720. The first kappa shape index (κ1) is 16.1. The van der Waals surface area contributed by atoms with Gasteiger partial charge in [0.1, 0.15) is 0 Å². The summed E-state index contributed by atoms with van der Waals surface area (Å²) in [6.07, 6.45) is 5.36. The van der Waals surface area contributed by atoms with Crippen LogP contribution in [0.5, 0.6) is 0 Å². The van der Waals surface area contributed by atoms with E-state index in [1.165, 1.54) is 0 Å². The highest BCUT2D eigenvalue weighted by atomic mass is 35.5. The van der Waals surface area contributed by atoms with E-state index in [4.69, 9.17) is 11.6 Å². The molecular weight excluding hydrogens is 312 g/mol. The Morgan fingerprint density at radius 2 is 2.09 bits per heavy atom. The smallest absolute Gasteiger partial charge is 0.248 e. The number of rotatable bonds is 4. The molecule has 3 atom stereocenters. The van der Waals surface area contributed by atoms with Crippen molar-refractivity contribution in [2.45, 2.75) is 69.2 Å². The minimum Gasteiger partial charge on any atom is -0.391 e. The van der Waals surface area contributed by atoms with Crippen LogP contribution in [0.4, 0.5) is 8.78 Å². The molecule has 2 fully saturated rings. The summed E-state index contributed by atoms with van der Waals surface area (Å²) in [5.41, 5.74) is 0. The van der Waals surface area contributed by atoms with Crippen LogP contribution in [0.2, 0.25) is 5.02 Å². The normalized spacial score (nSPS) is 32.5. The SMILES string of the molecule is O[C@@H]1CC(Cn2cc(Cl)cn2)C[C@H]1NC1CCC(F)(F)CC1. The molecule has 0 aromatic carbocycles. The third-order valence-corrected chi connectivity index (χ3v) is 5.04. The monoisotopic (exact) mass is 333 g/mol. The second-order valence-electron chi connectivity index (χ2n) is 6.69. The van der Waals surface area contributed by atoms with E-state index in [-0.39, 0.29) is 24.9 Å². The average Bonchev–Trinajstić information content (AvgIpc) is 2.99. The van der Waals surface area contributed by atoms with Crippen molar-refractivity contribution in [1.29, 1.82) is 0 Å². The van der Waals surface area contributed by atoms with Gasteiger partial charge in [0.15, 0.2) is 0 Å². The lowest BCUT2D eigenvalue weighted by atomic mass is 9.91. The summed E-state index contributed by atoms with van der Waals surface area (Å²) in [6, 6.07) is 0.0879. The first-order valence-electron chi connectivity index (χ1n) is 7.91. The molecule has 0 radical (unpaired) electrons. The Bertz CT molecular complexity index is 501. The zero-order valence-electron chi connectivity index (χ0n) is 12.4. The quantitative estimate of drug-likeness (QED) is 0.891. The zero-order valence-corrected chi connectivity index (χ0v) is 13.1. The summed E-state index contributed by atoms with van der Waals surface area (Å²) < 4.78 is 28.1. The highest BCUT2D eigenvalue weighted by Gasteiger charge is 2.38. The highest BCUT2D eigenvalue weighted by molar-refractivity contribution is 6.30. The fraction of sp³-hybridized carbons (Fsp3) is 0.800. The molecule has 1 aromatic heterocycles. The van der Waals surface area contributed by atoms with E-state index >= 15 is 0 Å². The van der Waals surface area contributed by atoms with Crippen molar-refractivity contribution in [1.82, 2.24) is 15.1 Å². The Labute approximate surface area is 133 Å². The van der Waals surface area contributed by atoms with E-state index < -0.39 is 12.0 Å². The van der Waals surface area contributed by atoms with Crippen LogP contribution in [0.15, 0.2) is 12.4 Å². The molecule has 4 nitrogen and oxygen atoms in total. The maximum absolute atomic E-state index is 13.2. The van der Waals surface area contributed by atoms with E-state index in [2.05, 4.69) is 10.4 Å². The summed E-state index contributed by atoms with van der Waals surface area (Å²) in [4.78, 5) is 0. The molecule has 0 spiro atoms. The molecule has 0 aliphatic heterocycles. The number of aliphatic hydroxyl groups is 1. The summed E-state index contributed by atoms with van der Waals surface area (Å²) >= 11 is 5.85. The molecule has 0 amide bonds. The van der Waals surface area contributed by atoms with Gasteiger partial charge in [-0.2, -0.15) is 5.10 Å². The Balaban J connectivity index is 1.49. The van der Waals surface area contributed by atoms with Gasteiger partial charge in [0.05, 0.1) is 17.3 Å². The standard InChI is InChI=1S/C15H22ClF2N3O/c16-11-7-19-21(9-11)8-10-5-13(14(22)6-10)20-12-1-3-15(17,18)4-2-12/h7,9-10,12-14,20,22H,1-6,8H2/t10?,13-,14-/m1/s1. The van der Waals surface area contributed by atoms with Crippen LogP contribution < -0.4 is 5.32 Å². The predicted molar refractivity (Wildman–Crippen MR) is 80.1 cm³/mol. The molecule has 1 aromatic rings. The van der Waals surface area contributed by atoms with Crippen molar-refractivity contribution < 1.29 is 13.9 Å². The van der Waals surface area contributed by atoms with Crippen molar-refractivity contribution in [3.63, 3.8) is 0 Å². The van der Waals surface area contributed by atoms with Gasteiger partial charge in [0.25, 0.3) is 0 Å². The number of nitrogens with one attached hydrogen (secondary N) is 1. The molecule has 2 saturated carbocycles. The van der Waals surface area contributed by atoms with Crippen LogP contribution in [0.1, 0.15) is 38.5 Å². The van der Waals surface area contributed by atoms with E-state index in [1.54, 1.807) is 17.1 Å². The molecule has 2 aliphatic rings. The number of nitrogens with zero attached hydrogens (tertiary/aromatic N) is 2. The molecule has 124 valence electrons. The zero-order chi connectivity index (χ0) is 15.7. The lowest BCUT2D eigenvalue weighted by molar-refractivity contribution is -0.0422. The number of hydrogen-bond acceptors (Lipinski definition) is 3. The van der Waals surface area contributed by atoms with E-state index in [0.29, 0.717) is 30.2 Å². The molecular formula is C15H22ClF2N3O. The number of halogens is 3. The van der Waals surface area contributed by atoms with Crippen LogP contribution in [0.3, 0.4) is 0 Å². The largest absolute Gasteiger partial charge is 0.391 e. The van der Waals surface area contributed by atoms with Crippen LogP contribution in [0, 0.1) is 5.92 Å². The fourth-order valence-corrected chi connectivity index (χ4v) is 3.81. The minimum atomic E-state index is -2.51. The van der Waals surface area contributed by atoms with Gasteiger partial charge in [-0.25, -0.2) is 8.78 Å². The van der Waals surface area contributed by atoms with Gasteiger partial charge < -0.3 is 10.4 Å². The molecule has 2 aliphatic carbocycles. The number of aliphatic hydroxyl groups excluding tert-OH is 1. The van der Waals surface area contributed by atoms with Crippen molar-refractivity contribution in [2.24, 2.45) is 5.92 Å². The maximum Gasteiger partial charge on any atom is 0.248 e. The molecule has 1 heterocycles. The third kappa shape index (κ3) is 3.97. The van der Waals surface area contributed by atoms with Gasteiger partial charge in [-0.1, -0.05) is 11.6 Å². The molecule has 1 unspecified atom stereocenters. The van der Waals surface area contributed by atoms with Gasteiger partial charge in [0, 0.05) is 37.7 Å². The van der Waals surface area contributed by atoms with Crippen molar-refractivity contribution in [3.05, 3.63) is 17.4 Å². The van der Waals surface area contributed by atoms with Gasteiger partial charge in [0.2, 0.25) is 5.92 Å². The van der Waals surface area contributed by atoms with Crippen LogP contribution in [0.25, 0.3) is 0 Å². The van der Waals surface area contributed by atoms with Crippen molar-refractivity contribution in [2.75, 3.05) is 0 Å². The predicted octanol–water partition coefficient (Wildman–Crippen LogP) is 2.84. The topological polar surface area (TPSA) is 50.1 Å². The van der Waals surface area contributed by atoms with E-state index in [9.17, 15) is 13.9 Å². The molecule has 0 bridgehead atoms. The number of hydrogen-bond donors (Lipinski definition) is 2. The lowest BCUT2D eigenvalue weighted by Gasteiger charge is -2.31. The molecule has 3 rings (SSSR count). The summed E-state index contributed by atoms with van der Waals surface area (Å²) in [7, 11) is 0. The average molecular weight is 334 g/mol. The Morgan fingerprint density at radius 3 is 2.73 bits per heavy atom.